The third kappa shape index (κ3) is 3.97. The number of carboxylic acids is 1. The number of aryl methyl sites for hydroxylation is 1. The van der Waals surface area contributed by atoms with Crippen molar-refractivity contribution in [3.05, 3.63) is 58.6 Å². The zero-order valence-electron chi connectivity index (χ0n) is 11.2. The van der Waals surface area contributed by atoms with Crippen LogP contribution in [0.5, 0.6) is 0 Å². The predicted octanol–water partition coefficient (Wildman–Crippen LogP) is 3.99. The summed E-state index contributed by atoms with van der Waals surface area (Å²) in [7, 11) is 0. The highest BCUT2D eigenvalue weighted by molar-refractivity contribution is 6.30. The number of urea groups is 1. The van der Waals surface area contributed by atoms with Crippen LogP contribution in [-0.2, 0) is 0 Å². The molecule has 0 heterocycles. The van der Waals surface area contributed by atoms with Gasteiger partial charge in [0.2, 0.25) is 0 Å². The highest BCUT2D eigenvalue weighted by atomic mass is 35.5. The summed E-state index contributed by atoms with van der Waals surface area (Å²) in [6.07, 6.45) is 0. The molecular weight excluding hydrogens is 292 g/mol. The van der Waals surface area contributed by atoms with Crippen LogP contribution in [0.25, 0.3) is 0 Å². The summed E-state index contributed by atoms with van der Waals surface area (Å²) in [5.74, 6) is -1.00. The molecule has 5 nitrogen and oxygen atoms in total. The molecule has 2 aromatic rings. The minimum atomic E-state index is -1.00. The van der Waals surface area contributed by atoms with Crippen LogP contribution in [0.2, 0.25) is 5.02 Å². The monoisotopic (exact) mass is 304 g/mol. The second-order valence-electron chi connectivity index (χ2n) is 4.42. The minimum absolute atomic E-state index is 0.177. The van der Waals surface area contributed by atoms with Crippen LogP contribution >= 0.6 is 11.6 Å². The third-order valence-corrected chi connectivity index (χ3v) is 3.08. The SMILES string of the molecule is Cc1cc(C(=O)O)ccc1NC(=O)Nc1ccc(Cl)cc1. The summed E-state index contributed by atoms with van der Waals surface area (Å²) < 4.78 is 0. The number of anilines is 2. The molecule has 2 rings (SSSR count). The number of hydrogen-bond donors (Lipinski definition) is 3. The predicted molar refractivity (Wildman–Crippen MR) is 82.2 cm³/mol. The Morgan fingerprint density at radius 1 is 1.05 bits per heavy atom. The normalized spacial score (nSPS) is 10.0. The lowest BCUT2D eigenvalue weighted by molar-refractivity contribution is 0.0697. The smallest absolute Gasteiger partial charge is 0.335 e. The Morgan fingerprint density at radius 3 is 2.29 bits per heavy atom. The lowest BCUT2D eigenvalue weighted by atomic mass is 10.1. The average molecular weight is 305 g/mol. The van der Waals surface area contributed by atoms with Gasteiger partial charge in [0.25, 0.3) is 0 Å². The van der Waals surface area contributed by atoms with Crippen molar-refractivity contribution < 1.29 is 14.7 Å². The average Bonchev–Trinajstić information content (AvgIpc) is 2.43. The van der Waals surface area contributed by atoms with Gasteiger partial charge >= 0.3 is 12.0 Å². The number of carbonyl (C=O) groups excluding carboxylic acids is 1. The summed E-state index contributed by atoms with van der Waals surface area (Å²) in [5, 5.41) is 14.8. The molecule has 0 unspecified atom stereocenters. The van der Waals surface area contributed by atoms with E-state index in [-0.39, 0.29) is 5.56 Å². The Kier molecular flexibility index (Phi) is 4.45. The summed E-state index contributed by atoms with van der Waals surface area (Å²) in [4.78, 5) is 22.7. The Bertz CT molecular complexity index is 684. The number of rotatable bonds is 3. The van der Waals surface area contributed by atoms with Gasteiger partial charge in [0, 0.05) is 16.4 Å². The highest BCUT2D eigenvalue weighted by Crippen LogP contribution is 2.18. The van der Waals surface area contributed by atoms with Crippen LogP contribution in [0.4, 0.5) is 16.2 Å². The van der Waals surface area contributed by atoms with Gasteiger partial charge in [-0.05, 0) is 55.0 Å². The Labute approximate surface area is 126 Å². The van der Waals surface area contributed by atoms with Gasteiger partial charge in [-0.2, -0.15) is 0 Å². The molecule has 21 heavy (non-hydrogen) atoms. The third-order valence-electron chi connectivity index (χ3n) is 2.82. The first-order chi connectivity index (χ1) is 9.95. The molecule has 0 spiro atoms. The number of benzene rings is 2. The van der Waals surface area contributed by atoms with Crippen molar-refractivity contribution in [3.63, 3.8) is 0 Å². The van der Waals surface area contributed by atoms with Crippen molar-refractivity contribution in [2.75, 3.05) is 10.6 Å². The Balaban J connectivity index is 2.06. The first-order valence-corrected chi connectivity index (χ1v) is 6.51. The number of nitrogens with one attached hydrogen (secondary N) is 2. The van der Waals surface area contributed by atoms with Gasteiger partial charge < -0.3 is 15.7 Å². The van der Waals surface area contributed by atoms with Crippen LogP contribution < -0.4 is 10.6 Å². The molecule has 6 heteroatoms. The number of hydrogen-bond acceptors (Lipinski definition) is 2. The van der Waals surface area contributed by atoms with Crippen LogP contribution in [0.1, 0.15) is 15.9 Å². The molecule has 0 aliphatic carbocycles. The molecule has 0 saturated heterocycles. The molecule has 0 aromatic heterocycles. The second-order valence-corrected chi connectivity index (χ2v) is 4.86. The lowest BCUT2D eigenvalue weighted by Crippen LogP contribution is -2.20. The molecule has 0 fully saturated rings. The number of amides is 2. The van der Waals surface area contributed by atoms with Crippen molar-refractivity contribution in [1.29, 1.82) is 0 Å². The zero-order valence-corrected chi connectivity index (χ0v) is 11.9. The summed E-state index contributed by atoms with van der Waals surface area (Å²) in [6, 6.07) is 10.8. The van der Waals surface area contributed by atoms with Gasteiger partial charge in [-0.25, -0.2) is 9.59 Å². The van der Waals surface area contributed by atoms with Crippen LogP contribution in [0.15, 0.2) is 42.5 Å². The number of aromatic carboxylic acids is 1. The maximum absolute atomic E-state index is 11.9. The molecule has 0 aliphatic rings. The molecule has 0 aliphatic heterocycles. The number of carbonyl (C=O) groups is 2. The molecule has 2 amide bonds. The van der Waals surface area contributed by atoms with Crippen molar-refractivity contribution in [2.45, 2.75) is 6.92 Å². The standard InChI is InChI=1S/C15H13ClN2O3/c1-9-8-10(14(19)20)2-7-13(9)18-15(21)17-12-5-3-11(16)4-6-12/h2-8H,1H3,(H,19,20)(H2,17,18,21). The topological polar surface area (TPSA) is 78.4 Å². The van der Waals surface area contributed by atoms with E-state index in [0.29, 0.717) is 22.0 Å². The first kappa shape index (κ1) is 14.9. The van der Waals surface area contributed by atoms with Gasteiger partial charge in [0.1, 0.15) is 0 Å². The van der Waals surface area contributed by atoms with E-state index in [1.807, 2.05) is 0 Å². The molecular formula is C15H13ClN2O3. The van der Waals surface area contributed by atoms with Crippen LogP contribution in [0, 0.1) is 6.92 Å². The van der Waals surface area contributed by atoms with Crippen molar-refractivity contribution in [2.24, 2.45) is 0 Å². The van der Waals surface area contributed by atoms with Crippen molar-refractivity contribution in [1.82, 2.24) is 0 Å². The van der Waals surface area contributed by atoms with E-state index in [2.05, 4.69) is 10.6 Å². The molecule has 0 atom stereocenters. The van der Waals surface area contributed by atoms with Gasteiger partial charge in [0.05, 0.1) is 5.56 Å². The maximum atomic E-state index is 11.9. The van der Waals surface area contributed by atoms with Crippen LogP contribution in [-0.4, -0.2) is 17.1 Å². The van der Waals surface area contributed by atoms with Gasteiger partial charge in [-0.3, -0.25) is 0 Å². The van der Waals surface area contributed by atoms with Gasteiger partial charge in [0.15, 0.2) is 0 Å². The van der Waals surface area contributed by atoms with E-state index in [0.717, 1.165) is 0 Å². The largest absolute Gasteiger partial charge is 0.478 e. The first-order valence-electron chi connectivity index (χ1n) is 6.13. The summed E-state index contributed by atoms with van der Waals surface area (Å²) >= 11 is 5.76. The quantitative estimate of drug-likeness (QED) is 0.802. The molecule has 0 saturated carbocycles. The Hall–Kier alpha value is -2.53. The summed E-state index contributed by atoms with van der Waals surface area (Å²) in [6.45, 7) is 1.73. The fourth-order valence-electron chi connectivity index (χ4n) is 1.75. The van der Waals surface area contributed by atoms with Crippen LogP contribution in [0.3, 0.4) is 0 Å². The van der Waals surface area contributed by atoms with E-state index in [1.165, 1.54) is 12.1 Å². The van der Waals surface area contributed by atoms with Gasteiger partial charge in [-0.1, -0.05) is 11.6 Å². The highest BCUT2D eigenvalue weighted by Gasteiger charge is 2.08. The van der Waals surface area contributed by atoms with Crippen molar-refractivity contribution in [3.8, 4) is 0 Å². The fraction of sp³-hybridized carbons (Fsp3) is 0.0667. The molecule has 2 aromatic carbocycles. The molecule has 0 radical (unpaired) electrons. The molecule has 0 bridgehead atoms. The molecule has 3 N–H and O–H groups in total. The summed E-state index contributed by atoms with van der Waals surface area (Å²) in [5.41, 5.74) is 2.00. The van der Waals surface area contributed by atoms with E-state index in [1.54, 1.807) is 37.3 Å². The second kappa shape index (κ2) is 6.28. The lowest BCUT2D eigenvalue weighted by Gasteiger charge is -2.10. The minimum Gasteiger partial charge on any atom is -0.478 e. The Morgan fingerprint density at radius 2 is 1.71 bits per heavy atom. The van der Waals surface area contributed by atoms with Crippen molar-refractivity contribution >= 4 is 35.0 Å². The van der Waals surface area contributed by atoms with E-state index < -0.39 is 12.0 Å². The molecule has 108 valence electrons. The fourth-order valence-corrected chi connectivity index (χ4v) is 1.88. The van der Waals surface area contributed by atoms with Gasteiger partial charge in [-0.15, -0.1) is 0 Å². The maximum Gasteiger partial charge on any atom is 0.335 e. The zero-order chi connectivity index (χ0) is 15.4. The van der Waals surface area contributed by atoms with E-state index >= 15 is 0 Å². The number of halogens is 1. The van der Waals surface area contributed by atoms with E-state index in [9.17, 15) is 9.59 Å². The number of carboxylic acid groups (broad SMARTS) is 1. The van der Waals surface area contributed by atoms with E-state index in [4.69, 9.17) is 16.7 Å².